The van der Waals surface area contributed by atoms with E-state index >= 15 is 0 Å². The van der Waals surface area contributed by atoms with E-state index in [1.807, 2.05) is 0 Å². The van der Waals surface area contributed by atoms with Gasteiger partial charge in [-0.05, 0) is 94.6 Å². The number of nitrogens with two attached hydrogens (primary N) is 7. The molecule has 12 amide bonds. The Hall–Kier alpha value is -9.74. The van der Waals surface area contributed by atoms with Crippen LogP contribution >= 0.6 is 0 Å². The second-order valence-electron chi connectivity index (χ2n) is 23.9. The number of primary amides is 1. The summed E-state index contributed by atoms with van der Waals surface area (Å²) >= 11 is 0. The van der Waals surface area contributed by atoms with E-state index in [1.165, 1.54) is 13.8 Å². The molecule has 0 radical (unpaired) electrons. The van der Waals surface area contributed by atoms with Crippen molar-refractivity contribution in [2.24, 2.45) is 67.9 Å². The highest BCUT2D eigenvalue weighted by Gasteiger charge is 2.37. The van der Waals surface area contributed by atoms with Crippen LogP contribution in [0.15, 0.2) is 40.3 Å². The van der Waals surface area contributed by atoms with Crippen molar-refractivity contribution in [1.29, 1.82) is 0 Å². The molecule has 97 heavy (non-hydrogen) atoms. The topological polar surface area (TPSA) is 619 Å². The smallest absolute Gasteiger partial charge is 0.326 e. The lowest BCUT2D eigenvalue weighted by Gasteiger charge is -2.29. The van der Waals surface area contributed by atoms with Gasteiger partial charge in [0.25, 0.3) is 0 Å². The van der Waals surface area contributed by atoms with E-state index in [1.54, 1.807) is 65.0 Å². The van der Waals surface area contributed by atoms with E-state index < -0.39 is 187 Å². The number of hydrogen-bond acceptors (Lipinski definition) is 18. The number of aliphatic carboxylic acids is 2. The van der Waals surface area contributed by atoms with Crippen molar-refractivity contribution in [3.63, 3.8) is 0 Å². The Morgan fingerprint density at radius 3 is 1.38 bits per heavy atom. The molecule has 544 valence electrons. The molecule has 0 unspecified atom stereocenters. The lowest BCUT2D eigenvalue weighted by Crippen LogP contribution is -2.61. The average Bonchev–Trinajstić information content (AvgIpc) is 2.84. The quantitative estimate of drug-likeness (QED) is 0.0164. The fourth-order valence-corrected chi connectivity index (χ4v) is 9.45. The number of amides is 12. The third-order valence-corrected chi connectivity index (χ3v) is 15.3. The number of carbonyl (C=O) groups is 14. The normalized spacial score (nSPS) is 14.7. The number of carboxylic acid groups (broad SMARTS) is 2. The molecule has 0 bridgehead atoms. The number of nitrogens with one attached hydrogen (secondary N) is 11. The highest BCUT2D eigenvalue weighted by atomic mass is 16.4. The lowest BCUT2D eigenvalue weighted by atomic mass is 9.96. The molecule has 0 heterocycles. The standard InChI is InChI=1S/C61H104N20O16/c1-8-33(5)48(80-52(89)38(73-45(83)30-63)21-16-26-70-61(67)68)57(94)78-41(27-32(3)4)54(91)72-35(7)50(87)75-37(20-15-25-69-60(65)66)51(88)71-31-46(84)74-39(22-23-47(85)86)53(90)81-49(34(6)9-2)58(95)79-43(29-44(64)82)56(93)77-42(28-36-17-11-10-12-18-36)55(92)76-40(59(96)97)19-13-14-24-62/h10-12,17-18,32-35,37-43,48-49H,8-9,13-16,19-31,62-63H2,1-7H3,(H2,64,82)(H,71,88)(H,72,91)(H,73,83)(H,74,84)(H,75,87)(H,76,92)(H,77,93)(H,78,94)(H,79,95)(H,80,89)(H,81,90)(H,85,86)(H,96,97)(H4,65,66,69)(H4,67,68,70)/t33-,34-,35-,37-,38-,39-,40-,41-,42-,43-,48-,49-/m0/s1. The molecule has 36 nitrogen and oxygen atoms in total. The molecule has 0 fully saturated rings. The third-order valence-electron chi connectivity index (χ3n) is 15.3. The minimum absolute atomic E-state index is 0.0124. The van der Waals surface area contributed by atoms with Gasteiger partial charge in [0.1, 0.15) is 60.4 Å². The van der Waals surface area contributed by atoms with Gasteiger partial charge in [-0.1, -0.05) is 84.7 Å². The number of carboxylic acids is 2. The Morgan fingerprint density at radius 2 is 0.907 bits per heavy atom. The number of rotatable bonds is 48. The van der Waals surface area contributed by atoms with Crippen molar-refractivity contribution in [3.8, 4) is 0 Å². The zero-order valence-corrected chi connectivity index (χ0v) is 56.4. The fraction of sp³-hybridized carbons (Fsp3) is 0.639. The summed E-state index contributed by atoms with van der Waals surface area (Å²) in [6.45, 7) is 10.6. The number of benzene rings is 1. The van der Waals surface area contributed by atoms with E-state index in [0.717, 1.165) is 0 Å². The van der Waals surface area contributed by atoms with Crippen molar-refractivity contribution in [2.45, 2.75) is 199 Å². The molecule has 1 aromatic rings. The van der Waals surface area contributed by atoms with Crippen LogP contribution in [0.4, 0.5) is 0 Å². The molecule has 0 saturated heterocycles. The van der Waals surface area contributed by atoms with Gasteiger partial charge in [0.05, 0.1) is 19.5 Å². The van der Waals surface area contributed by atoms with Crippen molar-refractivity contribution >= 4 is 94.7 Å². The summed E-state index contributed by atoms with van der Waals surface area (Å²) in [7, 11) is 0. The first kappa shape index (κ1) is 85.3. The van der Waals surface area contributed by atoms with Gasteiger partial charge in [-0.3, -0.25) is 72.3 Å². The molecule has 1 aromatic carbocycles. The zero-order chi connectivity index (χ0) is 73.5. The monoisotopic (exact) mass is 1370 g/mol. The summed E-state index contributed by atoms with van der Waals surface area (Å²) in [5.41, 5.74) is 38.9. The largest absolute Gasteiger partial charge is 0.481 e. The molecule has 36 heteroatoms. The molecule has 0 aliphatic carbocycles. The fourth-order valence-electron chi connectivity index (χ4n) is 9.45. The van der Waals surface area contributed by atoms with Crippen LogP contribution in [0.1, 0.15) is 138 Å². The first-order chi connectivity index (χ1) is 45.7. The number of aliphatic imine (C=N–C) groups is 2. The van der Waals surface area contributed by atoms with Crippen molar-refractivity contribution in [1.82, 2.24) is 58.5 Å². The molecule has 12 atom stereocenters. The summed E-state index contributed by atoms with van der Waals surface area (Å²) in [6, 6.07) is -6.03. The molecule has 0 spiro atoms. The van der Waals surface area contributed by atoms with E-state index in [4.69, 9.17) is 40.1 Å². The van der Waals surface area contributed by atoms with E-state index in [9.17, 15) is 77.3 Å². The average molecular weight is 1370 g/mol. The van der Waals surface area contributed by atoms with Gasteiger partial charge >= 0.3 is 11.9 Å². The Balaban J connectivity index is 3.44. The summed E-state index contributed by atoms with van der Waals surface area (Å²) in [4.78, 5) is 196. The highest BCUT2D eigenvalue weighted by Crippen LogP contribution is 2.15. The Bertz CT molecular complexity index is 2860. The van der Waals surface area contributed by atoms with Crippen LogP contribution in [0.5, 0.6) is 0 Å². The number of unbranched alkanes of at least 4 members (excludes halogenated alkanes) is 1. The van der Waals surface area contributed by atoms with Gasteiger partial charge in [-0.15, -0.1) is 0 Å². The summed E-state index contributed by atoms with van der Waals surface area (Å²) in [6.07, 6.45) is -0.550. The van der Waals surface area contributed by atoms with Crippen LogP contribution in [0, 0.1) is 17.8 Å². The van der Waals surface area contributed by atoms with Crippen molar-refractivity contribution < 1.29 is 77.3 Å². The van der Waals surface area contributed by atoms with Gasteiger partial charge in [-0.2, -0.15) is 0 Å². The maximum Gasteiger partial charge on any atom is 0.326 e. The van der Waals surface area contributed by atoms with Gasteiger partial charge in [0.15, 0.2) is 11.9 Å². The minimum Gasteiger partial charge on any atom is -0.481 e. The molecule has 0 aromatic heterocycles. The first-order valence-corrected chi connectivity index (χ1v) is 32.3. The zero-order valence-electron chi connectivity index (χ0n) is 56.4. The second kappa shape index (κ2) is 45.6. The maximum atomic E-state index is 14.2. The van der Waals surface area contributed by atoms with E-state index in [-0.39, 0.29) is 88.8 Å². The number of hydrogen-bond donors (Lipinski definition) is 20. The van der Waals surface area contributed by atoms with E-state index in [2.05, 4.69) is 68.5 Å². The molecular weight excluding hydrogens is 1270 g/mol. The Labute approximate surface area is 564 Å². The molecule has 27 N–H and O–H groups in total. The third kappa shape index (κ3) is 34.5. The first-order valence-electron chi connectivity index (χ1n) is 32.3. The van der Waals surface area contributed by atoms with Crippen LogP contribution < -0.4 is 98.6 Å². The molecular formula is C61H104N20O16. The predicted octanol–water partition coefficient (Wildman–Crippen LogP) is -5.63. The molecule has 0 saturated carbocycles. The molecule has 0 aliphatic heterocycles. The second-order valence-corrected chi connectivity index (χ2v) is 23.9. The van der Waals surface area contributed by atoms with Crippen LogP contribution in [0.3, 0.4) is 0 Å². The lowest BCUT2D eigenvalue weighted by molar-refractivity contribution is -0.142. The van der Waals surface area contributed by atoms with Gasteiger partial charge in [-0.25, -0.2) is 4.79 Å². The summed E-state index contributed by atoms with van der Waals surface area (Å²) < 4.78 is 0. The SMILES string of the molecule is CC[C@H](C)[C@H](NC(=O)[C@H](CCCN=C(N)N)NC(=O)CN)C(=O)N[C@@H](CC(C)C)C(=O)N[C@@H](C)C(=O)N[C@@H](CCCN=C(N)N)C(=O)NCC(=O)N[C@@H](CCC(=O)O)C(=O)N[C@H](C(=O)N[C@@H](CC(N)=O)C(=O)N[C@@H](Cc1ccccc1)C(=O)N[C@@H](CCCCN)C(=O)O)[C@@H](C)CC. The number of nitrogens with zero attached hydrogens (tertiary/aromatic N) is 2. The number of guanidine groups is 2. The maximum absolute atomic E-state index is 14.2. The summed E-state index contributed by atoms with van der Waals surface area (Å²) in [5.74, 6) is -15.8. The van der Waals surface area contributed by atoms with Crippen molar-refractivity contribution in [2.75, 3.05) is 32.7 Å². The van der Waals surface area contributed by atoms with Crippen LogP contribution in [-0.4, -0.2) is 198 Å². The molecule has 0 aliphatic rings. The number of carbonyl (C=O) groups excluding carboxylic acids is 12. The van der Waals surface area contributed by atoms with Gasteiger partial charge in [0.2, 0.25) is 70.9 Å². The van der Waals surface area contributed by atoms with E-state index in [0.29, 0.717) is 24.8 Å². The Kier molecular flexibility index (Phi) is 40.1. The predicted molar refractivity (Wildman–Crippen MR) is 357 cm³/mol. The highest BCUT2D eigenvalue weighted by molar-refractivity contribution is 6.00. The van der Waals surface area contributed by atoms with Crippen LogP contribution in [-0.2, 0) is 73.5 Å². The van der Waals surface area contributed by atoms with Gasteiger partial charge in [0, 0.05) is 25.9 Å². The van der Waals surface area contributed by atoms with Crippen molar-refractivity contribution in [3.05, 3.63) is 35.9 Å². The van der Waals surface area contributed by atoms with Gasteiger partial charge < -0.3 is 109 Å². The molecule has 1 rings (SSSR count). The van der Waals surface area contributed by atoms with Crippen LogP contribution in [0.25, 0.3) is 0 Å². The Morgan fingerprint density at radius 1 is 0.464 bits per heavy atom. The summed E-state index contributed by atoms with van der Waals surface area (Å²) in [5, 5.41) is 47.0. The minimum atomic E-state index is -1.78. The van der Waals surface area contributed by atoms with Crippen LogP contribution in [0.2, 0.25) is 0 Å².